The van der Waals surface area contributed by atoms with E-state index in [1.54, 1.807) is 21.4 Å². The first-order valence-corrected chi connectivity index (χ1v) is 18.7. The molecule has 280 valence electrons. The Balaban J connectivity index is 0.957. The number of hydrogen-bond donors (Lipinski definition) is 2. The average Bonchev–Trinajstić information content (AvgIpc) is 3.42. The van der Waals surface area contributed by atoms with E-state index in [4.69, 9.17) is 4.98 Å². The van der Waals surface area contributed by atoms with Gasteiger partial charge in [-0.3, -0.25) is 43.8 Å². The van der Waals surface area contributed by atoms with Gasteiger partial charge in [0.1, 0.15) is 5.69 Å². The van der Waals surface area contributed by atoms with Crippen molar-refractivity contribution >= 4 is 39.5 Å². The number of fused-ring (bicyclic) bond motifs is 2. The Morgan fingerprint density at radius 2 is 1.64 bits per heavy atom. The molecule has 4 aromatic heterocycles. The minimum Gasteiger partial charge on any atom is -0.347 e. The van der Waals surface area contributed by atoms with E-state index in [-0.39, 0.29) is 29.3 Å². The lowest BCUT2D eigenvalue weighted by Crippen LogP contribution is -2.39. The van der Waals surface area contributed by atoms with Gasteiger partial charge in [0, 0.05) is 56.1 Å². The molecule has 1 saturated heterocycles. The number of hydrogen-bond acceptors (Lipinski definition) is 7. The summed E-state index contributed by atoms with van der Waals surface area (Å²) in [6.45, 7) is 6.49. The summed E-state index contributed by atoms with van der Waals surface area (Å²) in [5.74, 6) is -1.08. The van der Waals surface area contributed by atoms with Crippen LogP contribution < -0.4 is 16.3 Å². The lowest BCUT2D eigenvalue weighted by atomic mass is 9.92. The van der Waals surface area contributed by atoms with Crippen molar-refractivity contribution in [1.29, 1.82) is 0 Å². The monoisotopic (exact) mass is 743 g/mol. The molecule has 0 aliphatic carbocycles. The maximum absolute atomic E-state index is 13.1. The van der Waals surface area contributed by atoms with Crippen LogP contribution in [0.3, 0.4) is 0 Å². The zero-order chi connectivity index (χ0) is 39.2. The summed E-state index contributed by atoms with van der Waals surface area (Å²) in [6.07, 6.45) is 4.28. The Kier molecular flexibility index (Phi) is 9.37. The number of nitrogens with one attached hydrogen (secondary N) is 2. The van der Waals surface area contributed by atoms with Gasteiger partial charge in [-0.15, -0.1) is 0 Å². The quantitative estimate of drug-likeness (QED) is 0.158. The SMILES string of the molecule is Cc1cc(-c2ccc(CNC(=O)c3ccc(-c4cc5cccc(-c6cc(C(C)C)c7c(c6)n(C)c(=O)n7C)c5cn4)cn3)cc2)cc(C2CCC(=O)NC2=O)n1. The van der Waals surface area contributed by atoms with Crippen LogP contribution in [0.5, 0.6) is 0 Å². The van der Waals surface area contributed by atoms with Crippen LogP contribution in [0.25, 0.3) is 55.3 Å². The molecule has 8 rings (SSSR count). The first-order chi connectivity index (χ1) is 26.9. The van der Waals surface area contributed by atoms with Gasteiger partial charge in [-0.1, -0.05) is 56.3 Å². The van der Waals surface area contributed by atoms with Gasteiger partial charge in [-0.25, -0.2) is 4.79 Å². The van der Waals surface area contributed by atoms with Gasteiger partial charge >= 0.3 is 5.69 Å². The summed E-state index contributed by atoms with van der Waals surface area (Å²) in [4.78, 5) is 63.9. The van der Waals surface area contributed by atoms with Crippen LogP contribution in [-0.4, -0.2) is 41.8 Å². The largest absolute Gasteiger partial charge is 0.347 e. The molecule has 3 amide bonds. The minimum absolute atomic E-state index is 0.0479. The number of imide groups is 1. The molecule has 1 aliphatic rings. The number of benzene rings is 3. The molecule has 2 N–H and O–H groups in total. The second kappa shape index (κ2) is 14.5. The van der Waals surface area contributed by atoms with Crippen molar-refractivity contribution in [2.75, 3.05) is 0 Å². The van der Waals surface area contributed by atoms with Crippen LogP contribution in [0.15, 0.2) is 102 Å². The van der Waals surface area contributed by atoms with Gasteiger partial charge in [-0.05, 0) is 100 Å². The van der Waals surface area contributed by atoms with E-state index in [9.17, 15) is 19.2 Å². The Hall–Kier alpha value is -6.75. The van der Waals surface area contributed by atoms with Crippen LogP contribution in [0.2, 0.25) is 0 Å². The first-order valence-electron chi connectivity index (χ1n) is 18.7. The molecular weight excluding hydrogens is 703 g/mol. The Morgan fingerprint density at radius 3 is 2.38 bits per heavy atom. The lowest BCUT2D eigenvalue weighted by molar-refractivity contribution is -0.134. The number of nitrogens with zero attached hydrogens (tertiary/aromatic N) is 5. The predicted octanol–water partition coefficient (Wildman–Crippen LogP) is 7.10. The minimum atomic E-state index is -0.457. The van der Waals surface area contributed by atoms with E-state index >= 15 is 0 Å². The van der Waals surface area contributed by atoms with E-state index in [0.717, 1.165) is 72.1 Å². The third-order valence-electron chi connectivity index (χ3n) is 10.7. The van der Waals surface area contributed by atoms with E-state index in [1.807, 2.05) is 81.8 Å². The predicted molar refractivity (Wildman–Crippen MR) is 217 cm³/mol. The van der Waals surface area contributed by atoms with E-state index in [2.05, 4.69) is 58.7 Å². The smallest absolute Gasteiger partial charge is 0.328 e. The van der Waals surface area contributed by atoms with Gasteiger partial charge in [0.05, 0.1) is 28.3 Å². The van der Waals surface area contributed by atoms with Gasteiger partial charge in [-0.2, -0.15) is 0 Å². The van der Waals surface area contributed by atoms with Gasteiger partial charge in [0.25, 0.3) is 5.91 Å². The van der Waals surface area contributed by atoms with Crippen molar-refractivity contribution in [2.45, 2.75) is 52.0 Å². The summed E-state index contributed by atoms with van der Waals surface area (Å²) in [5, 5.41) is 7.39. The third kappa shape index (κ3) is 6.76. The fraction of sp³-hybridized carbons (Fsp3) is 0.222. The van der Waals surface area contributed by atoms with Crippen molar-refractivity contribution in [3.8, 4) is 33.5 Å². The summed E-state index contributed by atoms with van der Waals surface area (Å²) < 4.78 is 3.43. The molecule has 0 spiro atoms. The number of aryl methyl sites for hydroxylation is 3. The summed E-state index contributed by atoms with van der Waals surface area (Å²) in [5.41, 5.74) is 11.1. The summed E-state index contributed by atoms with van der Waals surface area (Å²) in [6, 6.07) is 27.8. The highest BCUT2D eigenvalue weighted by molar-refractivity contribution is 6.01. The second-order valence-electron chi connectivity index (χ2n) is 14.8. The maximum atomic E-state index is 13.1. The highest BCUT2D eigenvalue weighted by Crippen LogP contribution is 2.36. The Morgan fingerprint density at radius 1 is 0.857 bits per heavy atom. The standard InChI is InChI=1S/C45H41N7O4/c1-25(2)35-18-32(21-40-42(35)52(5)45(56)51(40)4)33-8-6-7-29-19-38(47-24-36(29)33)30-13-15-37(46-23-30)44(55)48-22-27-9-11-28(12-10-27)31-17-26(3)49-39(20-31)34-14-16-41(53)50-43(34)54/h6-13,15,17-21,23-25,34H,14,16,22H2,1-5H3,(H,48,55)(H,50,53,54). The Bertz CT molecular complexity index is 2760. The zero-order valence-corrected chi connectivity index (χ0v) is 31.9. The van der Waals surface area contributed by atoms with E-state index < -0.39 is 5.92 Å². The molecule has 11 heteroatoms. The molecule has 0 radical (unpaired) electrons. The van der Waals surface area contributed by atoms with Crippen LogP contribution in [0.1, 0.15) is 71.5 Å². The maximum Gasteiger partial charge on any atom is 0.328 e. The van der Waals surface area contributed by atoms with Gasteiger partial charge in [0.2, 0.25) is 11.8 Å². The molecule has 1 fully saturated rings. The van der Waals surface area contributed by atoms with Crippen molar-refractivity contribution < 1.29 is 14.4 Å². The van der Waals surface area contributed by atoms with Crippen LogP contribution in [-0.2, 0) is 30.2 Å². The second-order valence-corrected chi connectivity index (χ2v) is 14.8. The number of rotatable bonds is 8. The number of amides is 3. The molecule has 56 heavy (non-hydrogen) atoms. The number of aromatic nitrogens is 5. The highest BCUT2D eigenvalue weighted by Gasteiger charge is 2.29. The van der Waals surface area contributed by atoms with E-state index in [0.29, 0.717) is 30.8 Å². The number of pyridine rings is 3. The van der Waals surface area contributed by atoms with Gasteiger partial charge < -0.3 is 5.32 Å². The van der Waals surface area contributed by atoms with Crippen molar-refractivity contribution in [3.05, 3.63) is 136 Å². The zero-order valence-electron chi connectivity index (χ0n) is 31.9. The first kappa shape index (κ1) is 36.2. The number of imidazole rings is 1. The topological polar surface area (TPSA) is 141 Å². The molecule has 7 aromatic rings. The molecule has 1 atom stereocenters. The molecule has 5 heterocycles. The average molecular weight is 744 g/mol. The summed E-state index contributed by atoms with van der Waals surface area (Å²) in [7, 11) is 3.64. The molecule has 3 aromatic carbocycles. The molecule has 0 bridgehead atoms. The molecule has 11 nitrogen and oxygen atoms in total. The lowest BCUT2D eigenvalue weighted by Gasteiger charge is -2.21. The number of carbonyl (C=O) groups is 3. The normalized spacial score (nSPS) is 14.4. The fourth-order valence-electron chi connectivity index (χ4n) is 7.65. The Labute approximate surface area is 323 Å². The molecular formula is C45H41N7O4. The highest BCUT2D eigenvalue weighted by atomic mass is 16.2. The van der Waals surface area contributed by atoms with Crippen molar-refractivity contribution in [2.24, 2.45) is 14.1 Å². The molecule has 1 unspecified atom stereocenters. The van der Waals surface area contributed by atoms with Crippen molar-refractivity contribution in [1.82, 2.24) is 34.7 Å². The number of carbonyl (C=O) groups excluding carboxylic acids is 3. The molecule has 1 aliphatic heterocycles. The van der Waals surface area contributed by atoms with Crippen LogP contribution >= 0.6 is 0 Å². The fourth-order valence-corrected chi connectivity index (χ4v) is 7.65. The third-order valence-corrected chi connectivity index (χ3v) is 10.7. The van der Waals surface area contributed by atoms with Gasteiger partial charge in [0.15, 0.2) is 0 Å². The summed E-state index contributed by atoms with van der Waals surface area (Å²) >= 11 is 0. The molecule has 0 saturated carbocycles. The van der Waals surface area contributed by atoms with E-state index in [1.165, 1.54) is 0 Å². The number of piperidine rings is 1. The van der Waals surface area contributed by atoms with Crippen LogP contribution in [0.4, 0.5) is 0 Å². The van der Waals surface area contributed by atoms with Crippen LogP contribution in [0, 0.1) is 6.92 Å². The van der Waals surface area contributed by atoms with Crippen molar-refractivity contribution in [3.63, 3.8) is 0 Å².